The van der Waals surface area contributed by atoms with Gasteiger partial charge >= 0.3 is 12.2 Å². The molecule has 0 aromatic heterocycles. The van der Waals surface area contributed by atoms with Gasteiger partial charge in [-0.1, -0.05) is 0 Å². The molecule has 0 saturated heterocycles. The first-order valence-electron chi connectivity index (χ1n) is 5.39. The highest BCUT2D eigenvalue weighted by molar-refractivity contribution is 5.78. The molecule has 0 atom stereocenters. The molecule has 0 aliphatic heterocycles. The second-order valence-corrected chi connectivity index (χ2v) is 4.77. The summed E-state index contributed by atoms with van der Waals surface area (Å²) in [5.41, 5.74) is -0.379. The van der Waals surface area contributed by atoms with E-state index >= 15 is 0 Å². The third kappa shape index (κ3) is 11.0. The van der Waals surface area contributed by atoms with E-state index in [1.54, 1.807) is 26.1 Å². The van der Waals surface area contributed by atoms with E-state index in [0.29, 0.717) is 0 Å². The average Bonchev–Trinajstić information content (AvgIpc) is 2.10. The van der Waals surface area contributed by atoms with Crippen LogP contribution >= 0.6 is 0 Å². The van der Waals surface area contributed by atoms with Crippen LogP contribution in [0.25, 0.3) is 0 Å². The van der Waals surface area contributed by atoms with Crippen LogP contribution in [0.5, 0.6) is 0 Å². The summed E-state index contributed by atoms with van der Waals surface area (Å²) >= 11 is 0. The highest BCUT2D eigenvalue weighted by Gasteiger charge is 2.27. The van der Waals surface area contributed by atoms with E-state index in [2.05, 4.69) is 10.6 Å². The zero-order chi connectivity index (χ0) is 14.4. The Morgan fingerprint density at radius 2 is 1.61 bits per heavy atom. The number of carbonyl (C=O) groups excluding carboxylic acids is 2. The monoisotopic (exact) mass is 269 g/mol. The molecule has 106 valence electrons. The quantitative estimate of drug-likeness (QED) is 0.716. The highest BCUT2D eigenvalue weighted by atomic mass is 19.4. The minimum atomic E-state index is -4.44. The lowest BCUT2D eigenvalue weighted by molar-refractivity contribution is -0.123. The van der Waals surface area contributed by atoms with Crippen LogP contribution in [0.3, 0.4) is 0 Å². The first-order valence-corrected chi connectivity index (χ1v) is 5.39. The van der Waals surface area contributed by atoms with Crippen LogP contribution in [0, 0.1) is 0 Å². The largest absolute Gasteiger partial charge is 0.405 e. The molecular formula is C10H18F3N3O2. The number of nitrogens with one attached hydrogen (secondary N) is 3. The van der Waals surface area contributed by atoms with Gasteiger partial charge in [-0.05, 0) is 20.8 Å². The van der Waals surface area contributed by atoms with Gasteiger partial charge in [0.1, 0.15) is 6.54 Å². The Labute approximate surface area is 103 Å². The van der Waals surface area contributed by atoms with Crippen molar-refractivity contribution >= 4 is 11.9 Å². The van der Waals surface area contributed by atoms with Crippen molar-refractivity contribution in [2.24, 2.45) is 0 Å². The molecule has 0 radical (unpaired) electrons. The maximum atomic E-state index is 11.7. The summed E-state index contributed by atoms with van der Waals surface area (Å²) < 4.78 is 35.2. The van der Waals surface area contributed by atoms with Gasteiger partial charge < -0.3 is 16.0 Å². The molecular weight excluding hydrogens is 251 g/mol. The maximum Gasteiger partial charge on any atom is 0.405 e. The lowest BCUT2D eigenvalue weighted by Crippen LogP contribution is -2.44. The van der Waals surface area contributed by atoms with Crippen LogP contribution in [-0.2, 0) is 4.79 Å². The number of rotatable bonds is 4. The van der Waals surface area contributed by atoms with Gasteiger partial charge in [0.2, 0.25) is 5.91 Å². The van der Waals surface area contributed by atoms with E-state index in [0.717, 1.165) is 0 Å². The van der Waals surface area contributed by atoms with Crippen molar-refractivity contribution in [2.45, 2.75) is 38.9 Å². The molecule has 0 aromatic rings. The van der Waals surface area contributed by atoms with Gasteiger partial charge in [0.25, 0.3) is 0 Å². The lowest BCUT2D eigenvalue weighted by Gasteiger charge is -2.20. The first kappa shape index (κ1) is 16.5. The summed E-state index contributed by atoms with van der Waals surface area (Å²) in [7, 11) is 0. The molecule has 5 nitrogen and oxygen atoms in total. The normalized spacial score (nSPS) is 11.9. The van der Waals surface area contributed by atoms with Crippen molar-refractivity contribution in [3.8, 4) is 0 Å². The summed E-state index contributed by atoms with van der Waals surface area (Å²) in [5, 5.41) is 6.46. The molecule has 18 heavy (non-hydrogen) atoms. The number of hydrogen-bond donors (Lipinski definition) is 3. The summed E-state index contributed by atoms with van der Waals surface area (Å²) in [4.78, 5) is 22.2. The van der Waals surface area contributed by atoms with Gasteiger partial charge in [0.05, 0.1) is 0 Å². The molecule has 3 N–H and O–H groups in total. The Kier molecular flexibility index (Phi) is 5.93. The van der Waals surface area contributed by atoms with E-state index in [1.165, 1.54) is 0 Å². The second-order valence-electron chi connectivity index (χ2n) is 4.77. The van der Waals surface area contributed by atoms with Gasteiger partial charge in [-0.25, -0.2) is 4.79 Å². The third-order valence-corrected chi connectivity index (χ3v) is 1.60. The minimum absolute atomic E-state index is 0.0106. The lowest BCUT2D eigenvalue weighted by atomic mass is 10.1. The van der Waals surface area contributed by atoms with E-state index in [9.17, 15) is 22.8 Å². The number of amides is 3. The van der Waals surface area contributed by atoms with Crippen LogP contribution in [0.4, 0.5) is 18.0 Å². The van der Waals surface area contributed by atoms with Crippen molar-refractivity contribution in [3.63, 3.8) is 0 Å². The van der Waals surface area contributed by atoms with Crippen molar-refractivity contribution in [1.82, 2.24) is 16.0 Å². The number of urea groups is 1. The zero-order valence-electron chi connectivity index (χ0n) is 10.6. The maximum absolute atomic E-state index is 11.7. The average molecular weight is 269 g/mol. The summed E-state index contributed by atoms with van der Waals surface area (Å²) in [6, 6.07) is -0.948. The number of halogens is 3. The van der Waals surface area contributed by atoms with Crippen molar-refractivity contribution in [3.05, 3.63) is 0 Å². The molecule has 3 amide bonds. The van der Waals surface area contributed by atoms with Gasteiger partial charge in [0.15, 0.2) is 0 Å². The molecule has 0 saturated carbocycles. The molecule has 0 bridgehead atoms. The Hall–Kier alpha value is -1.47. The van der Waals surface area contributed by atoms with Crippen LogP contribution in [-0.4, -0.2) is 36.7 Å². The molecule has 0 spiro atoms. The number of hydrogen-bond acceptors (Lipinski definition) is 2. The molecule has 0 aliphatic carbocycles. The SMILES string of the molecule is CC(C)(C)NC(=O)CCNC(=O)NCC(F)(F)F. The third-order valence-electron chi connectivity index (χ3n) is 1.60. The Balaban J connectivity index is 3.72. The van der Waals surface area contributed by atoms with Crippen LogP contribution in [0.2, 0.25) is 0 Å². The Morgan fingerprint density at radius 1 is 1.06 bits per heavy atom. The van der Waals surface area contributed by atoms with Crippen LogP contribution in [0.15, 0.2) is 0 Å². The minimum Gasteiger partial charge on any atom is -0.351 e. The van der Waals surface area contributed by atoms with E-state index in [4.69, 9.17) is 0 Å². The van der Waals surface area contributed by atoms with Gasteiger partial charge in [-0.15, -0.1) is 0 Å². The van der Waals surface area contributed by atoms with Crippen molar-refractivity contribution in [2.75, 3.05) is 13.1 Å². The molecule has 8 heteroatoms. The molecule has 0 rings (SSSR count). The summed E-state index contributed by atoms with van der Waals surface area (Å²) in [6.45, 7) is 3.98. The van der Waals surface area contributed by atoms with E-state index < -0.39 is 18.8 Å². The highest BCUT2D eigenvalue weighted by Crippen LogP contribution is 2.11. The van der Waals surface area contributed by atoms with Crippen LogP contribution < -0.4 is 16.0 Å². The number of alkyl halides is 3. The second kappa shape index (κ2) is 6.46. The fraction of sp³-hybridized carbons (Fsp3) is 0.800. The Morgan fingerprint density at radius 3 is 2.06 bits per heavy atom. The predicted octanol–water partition coefficient (Wildman–Crippen LogP) is 1.15. The summed E-state index contributed by atoms with van der Waals surface area (Å²) in [5.74, 6) is -0.279. The smallest absolute Gasteiger partial charge is 0.351 e. The molecule has 0 aromatic carbocycles. The predicted molar refractivity (Wildman–Crippen MR) is 60.0 cm³/mol. The van der Waals surface area contributed by atoms with E-state index in [1.807, 2.05) is 0 Å². The van der Waals surface area contributed by atoms with E-state index in [-0.39, 0.29) is 24.4 Å². The first-order chi connectivity index (χ1) is 7.99. The van der Waals surface area contributed by atoms with Crippen molar-refractivity contribution < 1.29 is 22.8 Å². The van der Waals surface area contributed by atoms with Crippen molar-refractivity contribution in [1.29, 1.82) is 0 Å². The standard InChI is InChI=1S/C10H18F3N3O2/c1-9(2,3)16-7(17)4-5-14-8(18)15-6-10(11,12)13/h4-6H2,1-3H3,(H,16,17)(H2,14,15,18). The molecule has 0 unspecified atom stereocenters. The molecule has 0 heterocycles. The molecule has 0 fully saturated rings. The Bertz CT molecular complexity index is 298. The zero-order valence-corrected chi connectivity index (χ0v) is 10.6. The molecule has 0 aliphatic rings. The topological polar surface area (TPSA) is 70.2 Å². The van der Waals surface area contributed by atoms with Gasteiger partial charge in [-0.2, -0.15) is 13.2 Å². The van der Waals surface area contributed by atoms with Gasteiger partial charge in [0, 0.05) is 18.5 Å². The van der Waals surface area contributed by atoms with Gasteiger partial charge in [-0.3, -0.25) is 4.79 Å². The van der Waals surface area contributed by atoms with Crippen LogP contribution in [0.1, 0.15) is 27.2 Å². The number of carbonyl (C=O) groups is 2. The fourth-order valence-corrected chi connectivity index (χ4v) is 1.01. The fourth-order valence-electron chi connectivity index (χ4n) is 1.01. The summed E-state index contributed by atoms with van der Waals surface area (Å²) in [6.07, 6.45) is -4.43.